The quantitative estimate of drug-likeness (QED) is 0.274. The fraction of sp³-hybridized carbons (Fsp3) is 0.194. The zero-order valence-corrected chi connectivity index (χ0v) is 24.5. The molecule has 0 fully saturated rings. The lowest BCUT2D eigenvalue weighted by Crippen LogP contribution is -2.38. The number of benzene rings is 2. The van der Waals surface area contributed by atoms with Gasteiger partial charge in [0.25, 0.3) is 5.56 Å². The average Bonchev–Trinajstić information content (AvgIpc) is 3.61. The van der Waals surface area contributed by atoms with Gasteiger partial charge in [0.05, 0.1) is 48.9 Å². The maximum absolute atomic E-state index is 13.9. The van der Waals surface area contributed by atoms with Gasteiger partial charge in [0.15, 0.2) is 5.82 Å². The average molecular weight is 593 g/mol. The number of carbonyl (C=O) groups excluding carboxylic acids is 1. The Kier molecular flexibility index (Phi) is 7.53. The largest absolute Gasteiger partial charge is 0.315 e. The lowest BCUT2D eigenvalue weighted by atomic mass is 10.1. The second-order valence-corrected chi connectivity index (χ2v) is 10.5. The van der Waals surface area contributed by atoms with Crippen molar-refractivity contribution in [3.05, 3.63) is 101 Å². The van der Waals surface area contributed by atoms with Gasteiger partial charge in [-0.25, -0.2) is 9.37 Å². The number of fused-ring (bicyclic) bond motifs is 1. The van der Waals surface area contributed by atoms with Crippen LogP contribution >= 0.6 is 0 Å². The van der Waals surface area contributed by atoms with Crippen LogP contribution in [0, 0.1) is 12.7 Å². The van der Waals surface area contributed by atoms with Crippen LogP contribution in [0.25, 0.3) is 39.2 Å². The number of hydrogen-bond donors (Lipinski definition) is 2. The molecule has 0 bridgehead atoms. The first-order valence-electron chi connectivity index (χ1n) is 13.9. The standard InChI is InChI=1S/C31H29FN10O2/c1-18-16-41(26-9-8-23(32)12-25(18)26)24-10-20(13-34-14-24)17-42-27(15-35-29(31(42)44)36-30(43)19(2)33-3)21-6-5-7-22(11-21)28-37-39-40(4)38-28/h5-16,19,33H,17H2,1-4H3,(H,35,36,43)/t19-/m0/s1. The van der Waals surface area contributed by atoms with Crippen LogP contribution in [-0.4, -0.2) is 58.3 Å². The number of nitrogens with one attached hydrogen (secondary N) is 2. The molecule has 1 amide bonds. The third-order valence-electron chi connectivity index (χ3n) is 7.41. The van der Waals surface area contributed by atoms with E-state index in [-0.39, 0.29) is 24.1 Å². The topological polar surface area (TPSA) is 137 Å². The number of pyridine rings is 1. The zero-order valence-electron chi connectivity index (χ0n) is 24.5. The van der Waals surface area contributed by atoms with Crippen molar-refractivity contribution in [3.63, 3.8) is 0 Å². The number of nitrogens with zero attached hydrogens (tertiary/aromatic N) is 8. The number of amides is 1. The van der Waals surface area contributed by atoms with Gasteiger partial charge in [0, 0.05) is 28.9 Å². The van der Waals surface area contributed by atoms with Crippen LogP contribution in [0.1, 0.15) is 18.1 Å². The van der Waals surface area contributed by atoms with Crippen molar-refractivity contribution >= 4 is 22.6 Å². The minimum Gasteiger partial charge on any atom is -0.315 e. The molecule has 0 unspecified atom stereocenters. The molecule has 4 heterocycles. The van der Waals surface area contributed by atoms with Crippen LogP contribution in [0.5, 0.6) is 0 Å². The molecule has 0 spiro atoms. The molecular weight excluding hydrogens is 563 g/mol. The Morgan fingerprint density at radius 2 is 1.89 bits per heavy atom. The summed E-state index contributed by atoms with van der Waals surface area (Å²) in [6.07, 6.45) is 6.88. The number of anilines is 1. The summed E-state index contributed by atoms with van der Waals surface area (Å²) >= 11 is 0. The second-order valence-electron chi connectivity index (χ2n) is 10.5. The number of hydrogen-bond acceptors (Lipinski definition) is 8. The van der Waals surface area contributed by atoms with E-state index in [2.05, 4.69) is 36.0 Å². The maximum atomic E-state index is 13.9. The zero-order chi connectivity index (χ0) is 31.0. The van der Waals surface area contributed by atoms with E-state index >= 15 is 0 Å². The molecule has 0 aliphatic heterocycles. The van der Waals surface area contributed by atoms with Gasteiger partial charge in [-0.1, -0.05) is 18.2 Å². The first-order valence-corrected chi connectivity index (χ1v) is 13.9. The highest BCUT2D eigenvalue weighted by atomic mass is 19.1. The number of halogens is 1. The van der Waals surface area contributed by atoms with E-state index in [0.29, 0.717) is 22.6 Å². The molecule has 0 aliphatic rings. The van der Waals surface area contributed by atoms with E-state index in [1.165, 1.54) is 16.9 Å². The highest BCUT2D eigenvalue weighted by Crippen LogP contribution is 2.27. The molecular formula is C31H29FN10O2. The summed E-state index contributed by atoms with van der Waals surface area (Å²) in [5, 5.41) is 18.6. The van der Waals surface area contributed by atoms with Crippen LogP contribution in [0.15, 0.2) is 78.1 Å². The van der Waals surface area contributed by atoms with E-state index in [4.69, 9.17) is 0 Å². The first kappa shape index (κ1) is 28.6. The van der Waals surface area contributed by atoms with Crippen molar-refractivity contribution in [3.8, 4) is 28.3 Å². The van der Waals surface area contributed by atoms with Crippen LogP contribution in [0.3, 0.4) is 0 Å². The van der Waals surface area contributed by atoms with Gasteiger partial charge < -0.3 is 15.2 Å². The molecule has 0 saturated heterocycles. The molecule has 1 atom stereocenters. The summed E-state index contributed by atoms with van der Waals surface area (Å²) in [5.74, 6) is -0.346. The summed E-state index contributed by atoms with van der Waals surface area (Å²) in [7, 11) is 3.34. The molecule has 44 heavy (non-hydrogen) atoms. The predicted molar refractivity (Wildman–Crippen MR) is 164 cm³/mol. The first-order chi connectivity index (χ1) is 21.2. The highest BCUT2D eigenvalue weighted by molar-refractivity contribution is 5.93. The molecule has 2 N–H and O–H groups in total. The summed E-state index contributed by atoms with van der Waals surface area (Å²) in [6.45, 7) is 3.74. The molecule has 0 radical (unpaired) electrons. The van der Waals surface area contributed by atoms with Gasteiger partial charge in [0.2, 0.25) is 11.7 Å². The van der Waals surface area contributed by atoms with Gasteiger partial charge in [-0.05, 0) is 67.6 Å². The van der Waals surface area contributed by atoms with Crippen molar-refractivity contribution in [2.24, 2.45) is 7.05 Å². The van der Waals surface area contributed by atoms with Crippen molar-refractivity contribution < 1.29 is 9.18 Å². The highest BCUT2D eigenvalue weighted by Gasteiger charge is 2.19. The fourth-order valence-electron chi connectivity index (χ4n) is 4.99. The van der Waals surface area contributed by atoms with E-state index < -0.39 is 11.6 Å². The Morgan fingerprint density at radius 3 is 2.66 bits per heavy atom. The van der Waals surface area contributed by atoms with Gasteiger partial charge in [-0.3, -0.25) is 19.1 Å². The Balaban J connectivity index is 1.44. The Bertz CT molecular complexity index is 2080. The molecule has 6 aromatic rings. The predicted octanol–water partition coefficient (Wildman–Crippen LogP) is 3.48. The van der Waals surface area contributed by atoms with Crippen LogP contribution in [0.4, 0.5) is 10.2 Å². The molecule has 6 rings (SSSR count). The van der Waals surface area contributed by atoms with E-state index in [1.807, 2.05) is 48.0 Å². The van der Waals surface area contributed by atoms with Crippen LogP contribution in [-0.2, 0) is 18.4 Å². The number of rotatable bonds is 8. The fourth-order valence-corrected chi connectivity index (χ4v) is 4.99. The number of aryl methyl sites for hydroxylation is 2. The molecule has 0 saturated carbocycles. The van der Waals surface area contributed by atoms with Crippen LogP contribution in [0.2, 0.25) is 0 Å². The van der Waals surface area contributed by atoms with Gasteiger partial charge in [-0.2, -0.15) is 4.80 Å². The third kappa shape index (κ3) is 5.47. The van der Waals surface area contributed by atoms with Crippen molar-refractivity contribution in [1.82, 2.24) is 44.6 Å². The Morgan fingerprint density at radius 1 is 1.07 bits per heavy atom. The van der Waals surface area contributed by atoms with Crippen LogP contribution < -0.4 is 16.2 Å². The second kappa shape index (κ2) is 11.6. The summed E-state index contributed by atoms with van der Waals surface area (Å²) in [4.78, 5) is 36.7. The van der Waals surface area contributed by atoms with Gasteiger partial charge in [-0.15, -0.1) is 10.2 Å². The smallest absolute Gasteiger partial charge is 0.294 e. The van der Waals surface area contributed by atoms with Crippen molar-refractivity contribution in [2.75, 3.05) is 12.4 Å². The van der Waals surface area contributed by atoms with E-state index in [9.17, 15) is 14.0 Å². The summed E-state index contributed by atoms with van der Waals surface area (Å²) in [5.41, 5.74) is 4.68. The normalized spacial score (nSPS) is 12.0. The Hall–Kier alpha value is -5.56. The molecule has 4 aromatic heterocycles. The lowest BCUT2D eigenvalue weighted by Gasteiger charge is -2.17. The molecule has 0 aliphatic carbocycles. The number of aromatic nitrogens is 8. The summed E-state index contributed by atoms with van der Waals surface area (Å²) < 4.78 is 17.4. The van der Waals surface area contributed by atoms with Gasteiger partial charge in [0.1, 0.15) is 5.82 Å². The van der Waals surface area contributed by atoms with Gasteiger partial charge >= 0.3 is 0 Å². The van der Waals surface area contributed by atoms with Crippen molar-refractivity contribution in [2.45, 2.75) is 26.4 Å². The van der Waals surface area contributed by atoms with E-state index in [1.54, 1.807) is 50.2 Å². The monoisotopic (exact) mass is 592 g/mol. The molecule has 13 heteroatoms. The molecule has 222 valence electrons. The number of carbonyl (C=O) groups is 1. The SMILES string of the molecule is CN[C@@H](C)C(=O)Nc1ncc(-c2cccc(-c3nnn(C)n3)c2)n(Cc2cncc(-n3cc(C)c4cc(F)ccc43)c2)c1=O. The molecule has 12 nitrogen and oxygen atoms in total. The number of tetrazole rings is 1. The third-order valence-corrected chi connectivity index (χ3v) is 7.41. The van der Waals surface area contributed by atoms with Crippen molar-refractivity contribution in [1.29, 1.82) is 0 Å². The minimum absolute atomic E-state index is 0.0919. The number of likely N-dealkylation sites (N-methyl/N-ethyl adjacent to an activating group) is 1. The molecule has 2 aromatic carbocycles. The Labute approximate surface area is 251 Å². The lowest BCUT2D eigenvalue weighted by molar-refractivity contribution is -0.117. The van der Waals surface area contributed by atoms with E-state index in [0.717, 1.165) is 27.7 Å². The minimum atomic E-state index is -0.533. The summed E-state index contributed by atoms with van der Waals surface area (Å²) in [6, 6.07) is 13.5. The maximum Gasteiger partial charge on any atom is 0.294 e.